The molecule has 0 aromatic carbocycles. The monoisotopic (exact) mass is 186 g/mol. The summed E-state index contributed by atoms with van der Waals surface area (Å²) in [5.74, 6) is -0.234. The van der Waals surface area contributed by atoms with E-state index in [1.165, 1.54) is 0 Å². The lowest BCUT2D eigenvalue weighted by Gasteiger charge is -2.15. The largest absolute Gasteiger partial charge is 0.461 e. The first-order valence-corrected chi connectivity index (χ1v) is 4.36. The van der Waals surface area contributed by atoms with Crippen LogP contribution in [0.25, 0.3) is 0 Å². The smallest absolute Gasteiger partial charge is 0.311 e. The molecule has 0 aromatic rings. The van der Waals surface area contributed by atoms with Crippen LogP contribution in [0.2, 0.25) is 0 Å². The third-order valence-electron chi connectivity index (χ3n) is 1.34. The van der Waals surface area contributed by atoms with Crippen molar-refractivity contribution in [1.82, 2.24) is 0 Å². The molecule has 0 aliphatic heterocycles. The Balaban J connectivity index is 3.73. The second-order valence-electron chi connectivity index (χ2n) is 4.02. The van der Waals surface area contributed by atoms with E-state index < -0.39 is 11.5 Å². The SMILES string of the molecule is C[C@H](O)/C=C\COC(=O)C(C)(C)C. The summed E-state index contributed by atoms with van der Waals surface area (Å²) in [5, 5.41) is 8.85. The molecular formula is C10H18O3. The van der Waals surface area contributed by atoms with Crippen LogP contribution in [0, 0.1) is 5.41 Å². The van der Waals surface area contributed by atoms with Crippen LogP contribution in [-0.2, 0) is 9.53 Å². The van der Waals surface area contributed by atoms with E-state index in [4.69, 9.17) is 9.84 Å². The number of aliphatic hydroxyl groups is 1. The fourth-order valence-electron chi connectivity index (χ4n) is 0.593. The molecule has 1 N–H and O–H groups in total. The van der Waals surface area contributed by atoms with Crippen molar-refractivity contribution in [2.24, 2.45) is 5.41 Å². The first-order valence-electron chi connectivity index (χ1n) is 4.36. The second-order valence-corrected chi connectivity index (χ2v) is 4.02. The van der Waals surface area contributed by atoms with Gasteiger partial charge in [-0.05, 0) is 33.8 Å². The van der Waals surface area contributed by atoms with Gasteiger partial charge in [-0.15, -0.1) is 0 Å². The van der Waals surface area contributed by atoms with Crippen LogP contribution in [0.3, 0.4) is 0 Å². The van der Waals surface area contributed by atoms with Gasteiger partial charge in [0.15, 0.2) is 0 Å². The molecule has 0 aliphatic carbocycles. The minimum atomic E-state index is -0.492. The maximum absolute atomic E-state index is 11.2. The Bertz CT molecular complexity index is 187. The standard InChI is InChI=1S/C10H18O3/c1-8(11)6-5-7-13-9(12)10(2,3)4/h5-6,8,11H,7H2,1-4H3/b6-5-/t8-/m0/s1. The molecule has 0 aromatic heterocycles. The van der Waals surface area contributed by atoms with Gasteiger partial charge in [0.25, 0.3) is 0 Å². The van der Waals surface area contributed by atoms with Gasteiger partial charge < -0.3 is 9.84 Å². The van der Waals surface area contributed by atoms with Crippen molar-refractivity contribution in [2.45, 2.75) is 33.8 Å². The van der Waals surface area contributed by atoms with Gasteiger partial charge in [0.05, 0.1) is 11.5 Å². The van der Waals surface area contributed by atoms with Gasteiger partial charge >= 0.3 is 5.97 Å². The fourth-order valence-corrected chi connectivity index (χ4v) is 0.593. The van der Waals surface area contributed by atoms with Crippen LogP contribution >= 0.6 is 0 Å². The molecule has 0 fully saturated rings. The Morgan fingerprint density at radius 1 is 1.54 bits per heavy atom. The van der Waals surface area contributed by atoms with Crippen molar-refractivity contribution in [3.05, 3.63) is 12.2 Å². The summed E-state index contributed by atoms with van der Waals surface area (Å²) < 4.78 is 4.92. The zero-order chi connectivity index (χ0) is 10.5. The molecule has 0 saturated carbocycles. The number of hydrogen-bond acceptors (Lipinski definition) is 3. The predicted octanol–water partition coefficient (Wildman–Crippen LogP) is 1.51. The first-order chi connectivity index (χ1) is 5.84. The van der Waals surface area contributed by atoms with E-state index in [2.05, 4.69) is 0 Å². The summed E-state index contributed by atoms with van der Waals surface area (Å²) in [6, 6.07) is 0. The Morgan fingerprint density at radius 3 is 2.46 bits per heavy atom. The number of carbonyl (C=O) groups excluding carboxylic acids is 1. The van der Waals surface area contributed by atoms with Crippen molar-refractivity contribution in [1.29, 1.82) is 0 Å². The van der Waals surface area contributed by atoms with Gasteiger partial charge in [0.2, 0.25) is 0 Å². The molecule has 3 heteroatoms. The molecule has 0 saturated heterocycles. The van der Waals surface area contributed by atoms with Crippen molar-refractivity contribution < 1.29 is 14.6 Å². The highest BCUT2D eigenvalue weighted by molar-refractivity contribution is 5.75. The van der Waals surface area contributed by atoms with Gasteiger partial charge in [0, 0.05) is 0 Å². The zero-order valence-corrected chi connectivity index (χ0v) is 8.70. The maximum atomic E-state index is 11.2. The van der Waals surface area contributed by atoms with Gasteiger partial charge in [-0.1, -0.05) is 6.08 Å². The summed E-state index contributed by atoms with van der Waals surface area (Å²) in [6.07, 6.45) is 2.72. The van der Waals surface area contributed by atoms with Crippen LogP contribution in [0.4, 0.5) is 0 Å². The highest BCUT2D eigenvalue weighted by Gasteiger charge is 2.22. The molecule has 0 aliphatic rings. The lowest BCUT2D eigenvalue weighted by Crippen LogP contribution is -2.22. The topological polar surface area (TPSA) is 46.5 Å². The number of rotatable bonds is 3. The summed E-state index contributed by atoms with van der Waals surface area (Å²) in [7, 11) is 0. The fraction of sp³-hybridized carbons (Fsp3) is 0.700. The van der Waals surface area contributed by atoms with Gasteiger partial charge in [-0.3, -0.25) is 4.79 Å². The minimum Gasteiger partial charge on any atom is -0.461 e. The van der Waals surface area contributed by atoms with E-state index in [1.807, 2.05) is 0 Å². The van der Waals surface area contributed by atoms with Crippen LogP contribution in [0.5, 0.6) is 0 Å². The Labute approximate surface area is 79.4 Å². The minimum absolute atomic E-state index is 0.223. The van der Waals surface area contributed by atoms with E-state index in [9.17, 15) is 4.79 Å². The molecule has 76 valence electrons. The third-order valence-corrected chi connectivity index (χ3v) is 1.34. The van der Waals surface area contributed by atoms with Crippen LogP contribution in [0.15, 0.2) is 12.2 Å². The van der Waals surface area contributed by atoms with E-state index in [0.29, 0.717) is 0 Å². The molecule has 0 bridgehead atoms. The number of esters is 1. The normalized spacial score (nSPS) is 14.5. The van der Waals surface area contributed by atoms with E-state index >= 15 is 0 Å². The first kappa shape index (κ1) is 12.2. The third kappa shape index (κ3) is 6.34. The average Bonchev–Trinajstić information content (AvgIpc) is 1.95. The van der Waals surface area contributed by atoms with Crippen molar-refractivity contribution in [2.75, 3.05) is 6.61 Å². The quantitative estimate of drug-likeness (QED) is 0.537. The van der Waals surface area contributed by atoms with Gasteiger partial charge in [-0.25, -0.2) is 0 Å². The summed E-state index contributed by atoms with van der Waals surface area (Å²) >= 11 is 0. The average molecular weight is 186 g/mol. The van der Waals surface area contributed by atoms with Crippen LogP contribution in [0.1, 0.15) is 27.7 Å². The van der Waals surface area contributed by atoms with E-state index in [-0.39, 0.29) is 12.6 Å². The summed E-state index contributed by atoms with van der Waals surface area (Å²) in [6.45, 7) is 7.26. The van der Waals surface area contributed by atoms with Crippen molar-refractivity contribution in [3.63, 3.8) is 0 Å². The van der Waals surface area contributed by atoms with E-state index in [1.54, 1.807) is 39.8 Å². The molecule has 0 unspecified atom stereocenters. The molecule has 13 heavy (non-hydrogen) atoms. The molecule has 0 amide bonds. The van der Waals surface area contributed by atoms with Crippen molar-refractivity contribution in [3.8, 4) is 0 Å². The van der Waals surface area contributed by atoms with Crippen LogP contribution < -0.4 is 0 Å². The number of hydrogen-bond donors (Lipinski definition) is 1. The van der Waals surface area contributed by atoms with Gasteiger partial charge in [-0.2, -0.15) is 0 Å². The van der Waals surface area contributed by atoms with Gasteiger partial charge in [0.1, 0.15) is 6.61 Å². The number of aliphatic hydroxyl groups excluding tert-OH is 1. The molecule has 1 atom stereocenters. The van der Waals surface area contributed by atoms with E-state index in [0.717, 1.165) is 0 Å². The zero-order valence-electron chi connectivity index (χ0n) is 8.70. The summed E-state index contributed by atoms with van der Waals surface area (Å²) in [4.78, 5) is 11.2. The highest BCUT2D eigenvalue weighted by atomic mass is 16.5. The highest BCUT2D eigenvalue weighted by Crippen LogP contribution is 2.14. The molecule has 0 heterocycles. The lowest BCUT2D eigenvalue weighted by molar-refractivity contribution is -0.151. The molecular weight excluding hydrogens is 168 g/mol. The predicted molar refractivity (Wildman–Crippen MR) is 51.2 cm³/mol. The maximum Gasteiger partial charge on any atom is 0.311 e. The number of ether oxygens (including phenoxy) is 1. The van der Waals surface area contributed by atoms with Crippen molar-refractivity contribution >= 4 is 5.97 Å². The van der Waals surface area contributed by atoms with Crippen LogP contribution in [-0.4, -0.2) is 23.8 Å². The molecule has 0 rings (SSSR count). The Kier molecular flexibility index (Phi) is 4.70. The second kappa shape index (κ2) is 5.02. The Hall–Kier alpha value is -0.830. The molecule has 0 radical (unpaired) electrons. The lowest BCUT2D eigenvalue weighted by atomic mass is 9.97. The number of carbonyl (C=O) groups is 1. The summed E-state index contributed by atoms with van der Waals surface area (Å²) in [5.41, 5.74) is -0.460. The Morgan fingerprint density at radius 2 is 2.08 bits per heavy atom. The molecule has 3 nitrogen and oxygen atoms in total. The molecule has 0 spiro atoms.